The molecule has 2 heterocycles. The second-order valence-corrected chi connectivity index (χ2v) is 8.50. The predicted octanol–water partition coefficient (Wildman–Crippen LogP) is 1.70. The molecule has 3 rings (SSSR count). The van der Waals surface area contributed by atoms with Gasteiger partial charge in [0.2, 0.25) is 0 Å². The number of aromatic hydroxyl groups is 1. The van der Waals surface area contributed by atoms with Gasteiger partial charge in [0, 0.05) is 18.3 Å². The Bertz CT molecular complexity index is 1000. The zero-order chi connectivity index (χ0) is 19.9. The van der Waals surface area contributed by atoms with Gasteiger partial charge < -0.3 is 5.11 Å². The molecule has 1 aliphatic rings. The SMILES string of the molecule is CC(C)CCc1cc(-c2ccc(O)c(N3CC(=O)NS3(=O)=O)c2F)nn1C. The highest BCUT2D eigenvalue weighted by molar-refractivity contribution is 7.92. The van der Waals surface area contributed by atoms with Crippen LogP contribution < -0.4 is 9.03 Å². The monoisotopic (exact) mass is 396 g/mol. The third kappa shape index (κ3) is 3.61. The van der Waals surface area contributed by atoms with Crippen LogP contribution in [0.25, 0.3) is 11.3 Å². The van der Waals surface area contributed by atoms with Crippen molar-refractivity contribution in [2.24, 2.45) is 13.0 Å². The number of benzene rings is 1. The highest BCUT2D eigenvalue weighted by Crippen LogP contribution is 2.38. The normalized spacial score (nSPS) is 16.2. The lowest BCUT2D eigenvalue weighted by molar-refractivity contribution is -0.117. The lowest BCUT2D eigenvalue weighted by Gasteiger charge is -2.18. The summed E-state index contributed by atoms with van der Waals surface area (Å²) in [5, 5.41) is 14.3. The molecule has 1 aromatic carbocycles. The quantitative estimate of drug-likeness (QED) is 0.801. The first-order valence-corrected chi connectivity index (χ1v) is 9.92. The molecule has 1 saturated heterocycles. The van der Waals surface area contributed by atoms with Crippen LogP contribution in [0.3, 0.4) is 0 Å². The molecule has 0 radical (unpaired) electrons. The van der Waals surface area contributed by atoms with E-state index in [2.05, 4.69) is 18.9 Å². The molecule has 0 atom stereocenters. The largest absolute Gasteiger partial charge is 0.506 e. The summed E-state index contributed by atoms with van der Waals surface area (Å²) in [4.78, 5) is 11.4. The Morgan fingerprint density at radius 3 is 2.67 bits per heavy atom. The summed E-state index contributed by atoms with van der Waals surface area (Å²) < 4.78 is 43.1. The van der Waals surface area contributed by atoms with E-state index in [-0.39, 0.29) is 5.56 Å². The smallest absolute Gasteiger partial charge is 0.326 e. The number of hydrogen-bond donors (Lipinski definition) is 2. The molecule has 0 unspecified atom stereocenters. The van der Waals surface area contributed by atoms with Gasteiger partial charge in [-0.05, 0) is 37.0 Å². The van der Waals surface area contributed by atoms with E-state index in [0.717, 1.165) is 18.5 Å². The predicted molar refractivity (Wildman–Crippen MR) is 97.8 cm³/mol. The van der Waals surface area contributed by atoms with Crippen molar-refractivity contribution in [2.45, 2.75) is 26.7 Å². The lowest BCUT2D eigenvalue weighted by Crippen LogP contribution is -2.30. The molecule has 2 aromatic rings. The van der Waals surface area contributed by atoms with Crippen LogP contribution in [0, 0.1) is 11.7 Å². The number of carbonyl (C=O) groups excluding carboxylic acids is 1. The van der Waals surface area contributed by atoms with Crippen molar-refractivity contribution in [3.63, 3.8) is 0 Å². The van der Waals surface area contributed by atoms with Crippen LogP contribution in [-0.4, -0.2) is 35.8 Å². The first kappa shape index (κ1) is 19.2. The number of aromatic nitrogens is 2. The molecule has 0 aliphatic carbocycles. The highest BCUT2D eigenvalue weighted by Gasteiger charge is 2.38. The maximum absolute atomic E-state index is 15.1. The van der Waals surface area contributed by atoms with Crippen molar-refractivity contribution >= 4 is 21.8 Å². The van der Waals surface area contributed by atoms with Crippen LogP contribution in [0.4, 0.5) is 10.1 Å². The number of rotatable bonds is 5. The molecule has 2 N–H and O–H groups in total. The molecular formula is C17H21FN4O4S. The fourth-order valence-electron chi connectivity index (χ4n) is 2.94. The first-order chi connectivity index (χ1) is 12.6. The summed E-state index contributed by atoms with van der Waals surface area (Å²) >= 11 is 0. The molecule has 146 valence electrons. The minimum Gasteiger partial charge on any atom is -0.506 e. The number of hydrogen-bond acceptors (Lipinski definition) is 5. The molecule has 10 heteroatoms. The molecule has 1 amide bonds. The van der Waals surface area contributed by atoms with Gasteiger partial charge in [-0.25, -0.2) is 13.4 Å². The van der Waals surface area contributed by atoms with Gasteiger partial charge in [0.15, 0.2) is 5.82 Å². The van der Waals surface area contributed by atoms with Gasteiger partial charge in [-0.2, -0.15) is 13.5 Å². The Morgan fingerprint density at radius 1 is 1.37 bits per heavy atom. The third-order valence-electron chi connectivity index (χ3n) is 4.39. The van der Waals surface area contributed by atoms with E-state index in [4.69, 9.17) is 0 Å². The Balaban J connectivity index is 2.04. The van der Waals surface area contributed by atoms with Crippen LogP contribution in [-0.2, 0) is 28.5 Å². The molecule has 0 saturated carbocycles. The van der Waals surface area contributed by atoms with Gasteiger partial charge in [0.25, 0.3) is 5.91 Å². The Kier molecular flexibility index (Phi) is 4.85. The van der Waals surface area contributed by atoms with E-state index < -0.39 is 39.9 Å². The maximum Gasteiger partial charge on any atom is 0.326 e. The third-order valence-corrected chi connectivity index (χ3v) is 5.77. The lowest BCUT2D eigenvalue weighted by atomic mass is 10.0. The van der Waals surface area contributed by atoms with Crippen molar-refractivity contribution in [3.05, 3.63) is 29.7 Å². The van der Waals surface area contributed by atoms with Gasteiger partial charge in [-0.1, -0.05) is 13.8 Å². The molecular weight excluding hydrogens is 375 g/mol. The number of nitrogens with one attached hydrogen (secondary N) is 1. The summed E-state index contributed by atoms with van der Waals surface area (Å²) in [5.41, 5.74) is 0.716. The van der Waals surface area contributed by atoms with Crippen LogP contribution >= 0.6 is 0 Å². The molecule has 0 bridgehead atoms. The van der Waals surface area contributed by atoms with Gasteiger partial charge in [-0.15, -0.1) is 0 Å². The maximum atomic E-state index is 15.1. The zero-order valence-corrected chi connectivity index (χ0v) is 16.0. The second-order valence-electron chi connectivity index (χ2n) is 6.91. The van der Waals surface area contributed by atoms with E-state index in [0.29, 0.717) is 15.9 Å². The summed E-state index contributed by atoms with van der Waals surface area (Å²) in [6.07, 6.45) is 1.72. The number of phenolic OH excluding ortho intramolecular Hbond substituents is 1. The van der Waals surface area contributed by atoms with Gasteiger partial charge in [0.05, 0.1) is 5.69 Å². The number of phenols is 1. The van der Waals surface area contributed by atoms with E-state index in [9.17, 15) is 18.3 Å². The highest BCUT2D eigenvalue weighted by atomic mass is 32.2. The summed E-state index contributed by atoms with van der Waals surface area (Å²) in [5.74, 6) is -1.82. The summed E-state index contributed by atoms with van der Waals surface area (Å²) in [6, 6.07) is 4.26. The van der Waals surface area contributed by atoms with Crippen LogP contribution in [0.2, 0.25) is 0 Å². The standard InChI is InChI=1S/C17H21FN4O4S/c1-10(2)4-5-11-8-13(19-21(11)3)12-6-7-14(23)17(16(12)18)22-9-15(24)20-27(22,25)26/h6-8,10,23H,4-5,9H2,1-3H3,(H,20,24). The zero-order valence-electron chi connectivity index (χ0n) is 15.2. The fraction of sp³-hybridized carbons (Fsp3) is 0.412. The fourth-order valence-corrected chi connectivity index (χ4v) is 4.11. The van der Waals surface area contributed by atoms with Crippen LogP contribution in [0.15, 0.2) is 18.2 Å². The summed E-state index contributed by atoms with van der Waals surface area (Å²) in [7, 11) is -2.49. The van der Waals surface area contributed by atoms with Gasteiger partial charge in [-0.3, -0.25) is 9.48 Å². The molecule has 0 spiro atoms. The number of aryl methyl sites for hydroxylation is 2. The molecule has 27 heavy (non-hydrogen) atoms. The number of halogens is 1. The van der Waals surface area contributed by atoms with Crippen molar-refractivity contribution < 1.29 is 22.7 Å². The molecule has 1 aromatic heterocycles. The van der Waals surface area contributed by atoms with Gasteiger partial charge >= 0.3 is 10.2 Å². The number of carbonyl (C=O) groups is 1. The Labute approximate surface area is 156 Å². The Hall–Kier alpha value is -2.62. The molecule has 1 fully saturated rings. The number of amides is 1. The van der Waals surface area contributed by atoms with E-state index >= 15 is 4.39 Å². The van der Waals surface area contributed by atoms with Crippen LogP contribution in [0.1, 0.15) is 26.0 Å². The minimum atomic E-state index is -4.25. The van der Waals surface area contributed by atoms with E-state index in [1.54, 1.807) is 22.5 Å². The van der Waals surface area contributed by atoms with Crippen molar-refractivity contribution in [1.82, 2.24) is 14.5 Å². The van der Waals surface area contributed by atoms with E-state index in [1.165, 1.54) is 12.1 Å². The molecule has 1 aliphatic heterocycles. The summed E-state index contributed by atoms with van der Waals surface area (Å²) in [6.45, 7) is 3.61. The van der Waals surface area contributed by atoms with Crippen molar-refractivity contribution in [2.75, 3.05) is 10.8 Å². The first-order valence-electron chi connectivity index (χ1n) is 8.48. The minimum absolute atomic E-state index is 0.0451. The van der Waals surface area contributed by atoms with E-state index in [1.807, 2.05) is 0 Å². The van der Waals surface area contributed by atoms with Crippen molar-refractivity contribution in [3.8, 4) is 17.0 Å². The average Bonchev–Trinajstić information content (AvgIpc) is 3.04. The molecule has 8 nitrogen and oxygen atoms in total. The second kappa shape index (κ2) is 6.84. The van der Waals surface area contributed by atoms with Crippen LogP contribution in [0.5, 0.6) is 5.75 Å². The topological polar surface area (TPSA) is 105 Å². The average molecular weight is 396 g/mol. The van der Waals surface area contributed by atoms with Gasteiger partial charge in [0.1, 0.15) is 18.0 Å². The Morgan fingerprint density at radius 2 is 2.07 bits per heavy atom. The van der Waals surface area contributed by atoms with Crippen molar-refractivity contribution in [1.29, 1.82) is 0 Å². The number of nitrogens with zero attached hydrogens (tertiary/aromatic N) is 3. The number of anilines is 1.